The van der Waals surface area contributed by atoms with E-state index in [1.54, 1.807) is 7.11 Å². The summed E-state index contributed by atoms with van der Waals surface area (Å²) in [6, 6.07) is 12.6. The molecule has 1 amide bonds. The summed E-state index contributed by atoms with van der Waals surface area (Å²) < 4.78 is 5.73. The number of amides is 1. The number of nitrogens with zero attached hydrogens (tertiary/aromatic N) is 3. The molecule has 1 fully saturated rings. The minimum atomic E-state index is -0.472. The number of aliphatic hydroxyl groups is 1. The quantitative estimate of drug-likeness (QED) is 0.383. The molecule has 0 radical (unpaired) electrons. The zero-order valence-corrected chi connectivity index (χ0v) is 20.3. The van der Waals surface area contributed by atoms with E-state index in [0.717, 1.165) is 77.1 Å². The predicted octanol–water partition coefficient (Wildman–Crippen LogP) is 3.93. The largest absolute Gasteiger partial charge is 0.494 e. The van der Waals surface area contributed by atoms with Gasteiger partial charge in [0, 0.05) is 41.0 Å². The molecule has 2 aliphatic carbocycles. The van der Waals surface area contributed by atoms with Crippen LogP contribution in [0.15, 0.2) is 42.6 Å². The van der Waals surface area contributed by atoms with Crippen LogP contribution in [0.5, 0.6) is 5.75 Å². The molecule has 6 rings (SSSR count). The Labute approximate surface area is 209 Å². The number of carbonyl (C=O) groups excluding carboxylic acids is 1. The second kappa shape index (κ2) is 9.35. The molecule has 0 spiro atoms. The Kier molecular flexibility index (Phi) is 5.89. The molecule has 4 aromatic rings. The van der Waals surface area contributed by atoms with Gasteiger partial charge in [-0.15, -0.1) is 0 Å². The summed E-state index contributed by atoms with van der Waals surface area (Å²) in [5, 5.41) is 19.5. The fraction of sp³-hybridized carbons (Fsp3) is 0.357. The lowest BCUT2D eigenvalue weighted by Crippen LogP contribution is -2.34. The molecule has 1 saturated carbocycles. The summed E-state index contributed by atoms with van der Waals surface area (Å²) in [6.07, 6.45) is 7.87. The number of aromatic nitrogens is 4. The van der Waals surface area contributed by atoms with E-state index in [9.17, 15) is 4.79 Å². The Morgan fingerprint density at radius 1 is 1.19 bits per heavy atom. The van der Waals surface area contributed by atoms with Crippen LogP contribution in [-0.2, 0) is 17.6 Å². The number of ether oxygens (including phenoxy) is 1. The van der Waals surface area contributed by atoms with Crippen molar-refractivity contribution in [1.29, 1.82) is 0 Å². The molecule has 2 aliphatic rings. The van der Waals surface area contributed by atoms with E-state index in [1.807, 2.05) is 24.4 Å². The van der Waals surface area contributed by atoms with Crippen LogP contribution >= 0.6 is 0 Å². The molecule has 36 heavy (non-hydrogen) atoms. The highest BCUT2D eigenvalue weighted by Gasteiger charge is 2.28. The Morgan fingerprint density at radius 2 is 2.11 bits per heavy atom. The van der Waals surface area contributed by atoms with Gasteiger partial charge in [0.1, 0.15) is 29.3 Å². The Morgan fingerprint density at radius 3 is 2.92 bits per heavy atom. The predicted molar refractivity (Wildman–Crippen MR) is 137 cm³/mol. The number of aliphatic hydroxyl groups excluding tert-OH is 1. The number of benzene rings is 1. The second-order valence-electron chi connectivity index (χ2n) is 9.71. The SMILES string of the molecule is COc1cc2[nH]nc(-c3ccc(C4CCC(NC(=O)CO)C4)nc3)c2nc1-c1cccc2c1CCC2. The van der Waals surface area contributed by atoms with Crippen molar-refractivity contribution in [3.05, 3.63) is 59.4 Å². The Bertz CT molecular complexity index is 1430. The van der Waals surface area contributed by atoms with E-state index in [2.05, 4.69) is 33.7 Å². The third-order valence-corrected chi connectivity index (χ3v) is 7.54. The number of pyridine rings is 2. The van der Waals surface area contributed by atoms with Gasteiger partial charge in [0.25, 0.3) is 0 Å². The lowest BCUT2D eigenvalue weighted by atomic mass is 9.99. The molecule has 184 valence electrons. The highest BCUT2D eigenvalue weighted by atomic mass is 16.5. The number of methoxy groups -OCH3 is 1. The van der Waals surface area contributed by atoms with Crippen molar-refractivity contribution in [1.82, 2.24) is 25.5 Å². The van der Waals surface area contributed by atoms with Crippen LogP contribution in [0, 0.1) is 0 Å². The summed E-state index contributed by atoms with van der Waals surface area (Å²) in [6.45, 7) is -0.472. The van der Waals surface area contributed by atoms with Crippen molar-refractivity contribution in [2.75, 3.05) is 13.7 Å². The molecule has 0 aliphatic heterocycles. The fourth-order valence-electron chi connectivity index (χ4n) is 5.76. The molecular weight excluding hydrogens is 454 g/mol. The van der Waals surface area contributed by atoms with Gasteiger partial charge in [-0.3, -0.25) is 14.9 Å². The van der Waals surface area contributed by atoms with Gasteiger partial charge in [0.2, 0.25) is 5.91 Å². The highest BCUT2D eigenvalue weighted by Crippen LogP contribution is 2.39. The minimum absolute atomic E-state index is 0.0865. The van der Waals surface area contributed by atoms with Crippen molar-refractivity contribution in [2.24, 2.45) is 0 Å². The van der Waals surface area contributed by atoms with Gasteiger partial charge in [-0.05, 0) is 61.8 Å². The van der Waals surface area contributed by atoms with E-state index in [-0.39, 0.29) is 17.9 Å². The third kappa shape index (κ3) is 4.01. The zero-order chi connectivity index (χ0) is 24.6. The van der Waals surface area contributed by atoms with Crippen molar-refractivity contribution < 1.29 is 14.6 Å². The first-order chi connectivity index (χ1) is 17.6. The standard InChI is InChI=1S/C28H29N5O3/c1-36-24-13-23-28(31-27(24)21-7-3-5-16-4-2-6-20(16)21)26(33-32-23)18-9-11-22(29-14-18)17-8-10-19(12-17)30-25(35)15-34/h3,5,7,9,11,13-14,17,19,34H,2,4,6,8,10,12,15H2,1H3,(H,30,35)(H,32,33). The van der Waals surface area contributed by atoms with E-state index >= 15 is 0 Å². The Hall–Kier alpha value is -3.78. The van der Waals surface area contributed by atoms with E-state index < -0.39 is 6.61 Å². The van der Waals surface area contributed by atoms with Crippen LogP contribution in [-0.4, -0.2) is 50.9 Å². The normalized spacial score (nSPS) is 18.9. The molecule has 3 aromatic heterocycles. The molecule has 2 atom stereocenters. The molecular formula is C28H29N5O3. The smallest absolute Gasteiger partial charge is 0.245 e. The second-order valence-corrected chi connectivity index (χ2v) is 9.71. The average molecular weight is 484 g/mol. The van der Waals surface area contributed by atoms with Crippen LogP contribution in [0.1, 0.15) is 48.4 Å². The molecule has 0 saturated heterocycles. The number of H-pyrrole nitrogens is 1. The zero-order valence-electron chi connectivity index (χ0n) is 20.3. The number of rotatable bonds is 6. The van der Waals surface area contributed by atoms with Crippen molar-refractivity contribution in [3.8, 4) is 28.3 Å². The van der Waals surface area contributed by atoms with Gasteiger partial charge in [-0.2, -0.15) is 5.10 Å². The van der Waals surface area contributed by atoms with Crippen molar-refractivity contribution >= 4 is 16.9 Å². The van der Waals surface area contributed by atoms with Crippen molar-refractivity contribution in [3.63, 3.8) is 0 Å². The van der Waals surface area contributed by atoms with Gasteiger partial charge in [-0.1, -0.05) is 18.2 Å². The molecule has 2 unspecified atom stereocenters. The first kappa shape index (κ1) is 22.7. The number of hydrogen-bond donors (Lipinski definition) is 3. The number of aromatic amines is 1. The van der Waals surface area contributed by atoms with Crippen molar-refractivity contribution in [2.45, 2.75) is 50.5 Å². The monoisotopic (exact) mass is 483 g/mol. The summed E-state index contributed by atoms with van der Waals surface area (Å²) >= 11 is 0. The van der Waals surface area contributed by atoms with Crippen LogP contribution in [0.4, 0.5) is 0 Å². The first-order valence-electron chi connectivity index (χ1n) is 12.6. The topological polar surface area (TPSA) is 113 Å². The van der Waals surface area contributed by atoms with E-state index in [4.69, 9.17) is 19.8 Å². The number of hydrogen-bond acceptors (Lipinski definition) is 6. The van der Waals surface area contributed by atoms with Gasteiger partial charge in [-0.25, -0.2) is 4.98 Å². The Balaban J connectivity index is 1.31. The van der Waals surface area contributed by atoms with Crippen LogP contribution in [0.25, 0.3) is 33.5 Å². The summed E-state index contributed by atoms with van der Waals surface area (Å²) in [5.41, 5.74) is 9.03. The minimum Gasteiger partial charge on any atom is -0.494 e. The molecule has 3 heterocycles. The van der Waals surface area contributed by atoms with Gasteiger partial charge in [0.15, 0.2) is 0 Å². The molecule has 1 aromatic carbocycles. The summed E-state index contributed by atoms with van der Waals surface area (Å²) in [4.78, 5) is 21.3. The third-order valence-electron chi connectivity index (χ3n) is 7.54. The molecule has 3 N–H and O–H groups in total. The highest BCUT2D eigenvalue weighted by molar-refractivity contribution is 5.93. The van der Waals surface area contributed by atoms with Crippen LogP contribution in [0.2, 0.25) is 0 Å². The average Bonchev–Trinajstić information content (AvgIpc) is 3.67. The lowest BCUT2D eigenvalue weighted by molar-refractivity contribution is -0.124. The summed E-state index contributed by atoms with van der Waals surface area (Å²) in [5.74, 6) is 0.696. The number of aryl methyl sites for hydroxylation is 1. The summed E-state index contributed by atoms with van der Waals surface area (Å²) in [7, 11) is 1.68. The van der Waals surface area contributed by atoms with Gasteiger partial charge < -0.3 is 15.2 Å². The number of fused-ring (bicyclic) bond motifs is 2. The lowest BCUT2D eigenvalue weighted by Gasteiger charge is -2.13. The molecule has 8 nitrogen and oxygen atoms in total. The number of carbonyl (C=O) groups is 1. The first-order valence-corrected chi connectivity index (χ1v) is 12.6. The maximum absolute atomic E-state index is 11.5. The number of nitrogens with one attached hydrogen (secondary N) is 2. The molecule has 0 bridgehead atoms. The van der Waals surface area contributed by atoms with E-state index in [1.165, 1.54) is 17.5 Å². The maximum atomic E-state index is 11.5. The van der Waals surface area contributed by atoms with Crippen LogP contribution in [0.3, 0.4) is 0 Å². The van der Waals surface area contributed by atoms with E-state index in [0.29, 0.717) is 0 Å². The van der Waals surface area contributed by atoms with Crippen LogP contribution < -0.4 is 10.1 Å². The maximum Gasteiger partial charge on any atom is 0.245 e. The molecule has 8 heteroatoms. The fourth-order valence-corrected chi connectivity index (χ4v) is 5.76. The van der Waals surface area contributed by atoms with Gasteiger partial charge in [0.05, 0.1) is 12.6 Å². The van der Waals surface area contributed by atoms with Gasteiger partial charge >= 0.3 is 0 Å².